The molecule has 3 nitrogen and oxygen atoms in total. The number of nitrogens with two attached hydrogens (primary N) is 1. The number of carbonyl (C=O) groups is 1. The maximum Gasteiger partial charge on any atom is 0.221 e. The minimum absolute atomic E-state index is 0.0245. The van der Waals surface area contributed by atoms with Crippen molar-refractivity contribution in [3.05, 3.63) is 21.9 Å². The standard InChI is InChI=1S/C11H18N2OS/c1-3-9-4-5-10(15-9)7-13-11(14)6-8(2)12/h4-5,8H,3,6-7,12H2,1-2H3,(H,13,14). The Bertz CT molecular complexity index is 320. The van der Waals surface area contributed by atoms with Crippen molar-refractivity contribution >= 4 is 17.2 Å². The Kier molecular flexibility index (Phi) is 4.78. The van der Waals surface area contributed by atoms with Crippen molar-refractivity contribution < 1.29 is 4.79 Å². The van der Waals surface area contributed by atoms with Gasteiger partial charge in [-0.05, 0) is 25.5 Å². The van der Waals surface area contributed by atoms with Crippen LogP contribution in [0.5, 0.6) is 0 Å². The summed E-state index contributed by atoms with van der Waals surface area (Å²) in [5.74, 6) is 0.0245. The van der Waals surface area contributed by atoms with Crippen LogP contribution in [0, 0.1) is 0 Å². The van der Waals surface area contributed by atoms with Crippen LogP contribution in [0.15, 0.2) is 12.1 Å². The lowest BCUT2D eigenvalue weighted by Crippen LogP contribution is -2.29. The highest BCUT2D eigenvalue weighted by atomic mass is 32.1. The van der Waals surface area contributed by atoms with E-state index in [4.69, 9.17) is 5.73 Å². The lowest BCUT2D eigenvalue weighted by molar-refractivity contribution is -0.121. The highest BCUT2D eigenvalue weighted by Gasteiger charge is 2.05. The maximum absolute atomic E-state index is 11.3. The molecular formula is C11H18N2OS. The lowest BCUT2D eigenvalue weighted by atomic mass is 10.2. The summed E-state index contributed by atoms with van der Waals surface area (Å²) in [5.41, 5.74) is 5.53. The van der Waals surface area contributed by atoms with E-state index >= 15 is 0 Å². The van der Waals surface area contributed by atoms with Gasteiger partial charge in [-0.15, -0.1) is 11.3 Å². The van der Waals surface area contributed by atoms with Gasteiger partial charge >= 0.3 is 0 Å². The number of nitrogens with one attached hydrogen (secondary N) is 1. The molecule has 0 aliphatic heterocycles. The van der Waals surface area contributed by atoms with Crippen LogP contribution in [0.1, 0.15) is 30.0 Å². The van der Waals surface area contributed by atoms with Gasteiger partial charge in [-0.25, -0.2) is 0 Å². The molecule has 0 bridgehead atoms. The van der Waals surface area contributed by atoms with Gasteiger partial charge < -0.3 is 11.1 Å². The third-order valence-electron chi connectivity index (χ3n) is 2.03. The van der Waals surface area contributed by atoms with E-state index in [2.05, 4.69) is 24.4 Å². The second-order valence-electron chi connectivity index (χ2n) is 3.68. The topological polar surface area (TPSA) is 55.1 Å². The number of carbonyl (C=O) groups excluding carboxylic acids is 1. The van der Waals surface area contributed by atoms with Crippen molar-refractivity contribution in [2.24, 2.45) is 5.73 Å². The van der Waals surface area contributed by atoms with Crippen LogP contribution in [0.25, 0.3) is 0 Å². The molecule has 1 amide bonds. The number of aryl methyl sites for hydroxylation is 1. The predicted molar refractivity (Wildman–Crippen MR) is 63.8 cm³/mol. The van der Waals surface area contributed by atoms with Gasteiger partial charge in [0, 0.05) is 22.2 Å². The fourth-order valence-corrected chi connectivity index (χ4v) is 2.16. The van der Waals surface area contributed by atoms with E-state index in [1.54, 1.807) is 11.3 Å². The predicted octanol–water partition coefficient (Wildman–Crippen LogP) is 1.66. The smallest absolute Gasteiger partial charge is 0.221 e. The van der Waals surface area contributed by atoms with E-state index < -0.39 is 0 Å². The first-order valence-corrected chi connectivity index (χ1v) is 6.03. The minimum atomic E-state index is -0.0699. The van der Waals surface area contributed by atoms with Gasteiger partial charge in [-0.2, -0.15) is 0 Å². The van der Waals surface area contributed by atoms with Gasteiger partial charge in [-0.3, -0.25) is 4.79 Å². The molecule has 1 rings (SSSR count). The molecule has 1 aromatic rings. The van der Waals surface area contributed by atoms with E-state index in [-0.39, 0.29) is 11.9 Å². The van der Waals surface area contributed by atoms with Crippen LogP contribution in [-0.4, -0.2) is 11.9 Å². The summed E-state index contributed by atoms with van der Waals surface area (Å²) in [6.07, 6.45) is 1.45. The molecule has 1 heterocycles. The van der Waals surface area contributed by atoms with Crippen molar-refractivity contribution in [1.29, 1.82) is 0 Å². The average molecular weight is 226 g/mol. The SMILES string of the molecule is CCc1ccc(CNC(=O)CC(C)N)s1. The molecule has 4 heteroatoms. The first kappa shape index (κ1) is 12.2. The molecule has 0 aliphatic carbocycles. The summed E-state index contributed by atoms with van der Waals surface area (Å²) >= 11 is 1.75. The zero-order valence-electron chi connectivity index (χ0n) is 9.25. The fraction of sp³-hybridized carbons (Fsp3) is 0.545. The molecule has 15 heavy (non-hydrogen) atoms. The normalized spacial score (nSPS) is 12.5. The van der Waals surface area contributed by atoms with Crippen LogP contribution in [0.2, 0.25) is 0 Å². The number of hydrogen-bond donors (Lipinski definition) is 2. The van der Waals surface area contributed by atoms with Crippen molar-refractivity contribution in [3.8, 4) is 0 Å². The maximum atomic E-state index is 11.3. The molecule has 84 valence electrons. The molecule has 0 saturated heterocycles. The van der Waals surface area contributed by atoms with E-state index in [9.17, 15) is 4.79 Å². The monoisotopic (exact) mass is 226 g/mol. The van der Waals surface area contributed by atoms with Gasteiger partial charge in [0.15, 0.2) is 0 Å². The molecular weight excluding hydrogens is 208 g/mol. The van der Waals surface area contributed by atoms with Crippen molar-refractivity contribution in [1.82, 2.24) is 5.32 Å². The zero-order chi connectivity index (χ0) is 11.3. The molecule has 0 radical (unpaired) electrons. The molecule has 0 aromatic carbocycles. The Morgan fingerprint density at radius 3 is 2.73 bits per heavy atom. The summed E-state index contributed by atoms with van der Waals surface area (Å²) in [7, 11) is 0. The molecule has 0 aliphatic rings. The summed E-state index contributed by atoms with van der Waals surface area (Å²) in [4.78, 5) is 13.9. The molecule has 3 N–H and O–H groups in total. The second kappa shape index (κ2) is 5.88. The number of rotatable bonds is 5. The quantitative estimate of drug-likeness (QED) is 0.802. The molecule has 0 fully saturated rings. The Balaban J connectivity index is 2.33. The minimum Gasteiger partial charge on any atom is -0.351 e. The van der Waals surface area contributed by atoms with Crippen LogP contribution in [0.4, 0.5) is 0 Å². The van der Waals surface area contributed by atoms with Crippen LogP contribution < -0.4 is 11.1 Å². The van der Waals surface area contributed by atoms with Crippen molar-refractivity contribution in [3.63, 3.8) is 0 Å². The van der Waals surface area contributed by atoms with Crippen molar-refractivity contribution in [2.75, 3.05) is 0 Å². The summed E-state index contributed by atoms with van der Waals surface area (Å²) in [6.45, 7) is 4.58. The van der Waals surface area contributed by atoms with Gasteiger partial charge in [0.2, 0.25) is 5.91 Å². The molecule has 0 saturated carbocycles. The third kappa shape index (κ3) is 4.44. The molecule has 1 atom stereocenters. The van der Waals surface area contributed by atoms with Crippen LogP contribution in [0.3, 0.4) is 0 Å². The first-order chi connectivity index (χ1) is 7.11. The Hall–Kier alpha value is -0.870. The van der Waals surface area contributed by atoms with Crippen molar-refractivity contribution in [2.45, 2.75) is 39.3 Å². The second-order valence-corrected chi connectivity index (χ2v) is 4.93. The molecule has 1 unspecified atom stereocenters. The van der Waals surface area contributed by atoms with E-state index in [1.165, 1.54) is 9.75 Å². The summed E-state index contributed by atoms with van der Waals surface area (Å²) in [6, 6.07) is 4.10. The van der Waals surface area contributed by atoms with E-state index in [1.807, 2.05) is 6.92 Å². The van der Waals surface area contributed by atoms with E-state index in [0.29, 0.717) is 13.0 Å². The van der Waals surface area contributed by atoms with Crippen LogP contribution in [-0.2, 0) is 17.8 Å². The summed E-state index contributed by atoms with van der Waals surface area (Å²) < 4.78 is 0. The largest absolute Gasteiger partial charge is 0.351 e. The first-order valence-electron chi connectivity index (χ1n) is 5.21. The highest BCUT2D eigenvalue weighted by molar-refractivity contribution is 7.11. The van der Waals surface area contributed by atoms with Gasteiger partial charge in [0.1, 0.15) is 0 Å². The number of amides is 1. The summed E-state index contributed by atoms with van der Waals surface area (Å²) in [5, 5.41) is 2.86. The zero-order valence-corrected chi connectivity index (χ0v) is 10.1. The molecule has 0 spiro atoms. The van der Waals surface area contributed by atoms with Gasteiger partial charge in [-0.1, -0.05) is 6.92 Å². The fourth-order valence-electron chi connectivity index (χ4n) is 1.26. The van der Waals surface area contributed by atoms with E-state index in [0.717, 1.165) is 6.42 Å². The number of thiophene rings is 1. The Morgan fingerprint density at radius 1 is 1.53 bits per heavy atom. The molecule has 1 aromatic heterocycles. The Labute approximate surface area is 94.7 Å². The van der Waals surface area contributed by atoms with Gasteiger partial charge in [0.05, 0.1) is 6.54 Å². The highest BCUT2D eigenvalue weighted by Crippen LogP contribution is 2.16. The van der Waals surface area contributed by atoms with Gasteiger partial charge in [0.25, 0.3) is 0 Å². The number of hydrogen-bond acceptors (Lipinski definition) is 3. The Morgan fingerprint density at radius 2 is 2.20 bits per heavy atom. The van der Waals surface area contributed by atoms with Crippen LogP contribution >= 0.6 is 11.3 Å². The lowest BCUT2D eigenvalue weighted by Gasteiger charge is -2.05. The third-order valence-corrected chi connectivity index (χ3v) is 3.26. The average Bonchev–Trinajstić information content (AvgIpc) is 2.61.